The van der Waals surface area contributed by atoms with Gasteiger partial charge in [-0.05, 0) is 25.1 Å². The first-order valence-corrected chi connectivity index (χ1v) is 10.1. The lowest BCUT2D eigenvalue weighted by atomic mass is 10.2. The maximum absolute atomic E-state index is 12.0. The molecule has 0 radical (unpaired) electrons. The number of amides is 2. The monoisotopic (exact) mass is 448 g/mol. The van der Waals surface area contributed by atoms with Gasteiger partial charge in [-0.1, -0.05) is 46.3 Å². The molecule has 2 aromatic rings. The van der Waals surface area contributed by atoms with Gasteiger partial charge >= 0.3 is 5.97 Å². The number of carbonyl (C=O) groups is 3. The van der Waals surface area contributed by atoms with E-state index in [0.29, 0.717) is 16.0 Å². The summed E-state index contributed by atoms with van der Waals surface area (Å²) >= 11 is 14.0. The number of rotatable bonds is 8. The number of aromatic nitrogens is 2. The van der Waals surface area contributed by atoms with E-state index in [4.69, 9.17) is 27.9 Å². The Labute approximate surface area is 173 Å². The van der Waals surface area contributed by atoms with E-state index in [0.717, 1.165) is 23.1 Å². The van der Waals surface area contributed by atoms with E-state index in [9.17, 15) is 14.4 Å². The molecule has 0 aliphatic rings. The van der Waals surface area contributed by atoms with Crippen molar-refractivity contribution >= 4 is 69.2 Å². The van der Waals surface area contributed by atoms with Gasteiger partial charge in [0.1, 0.15) is 0 Å². The van der Waals surface area contributed by atoms with Crippen molar-refractivity contribution in [2.24, 2.45) is 0 Å². The number of nitrogens with one attached hydrogen (secondary N) is 2. The minimum Gasteiger partial charge on any atom is -0.465 e. The Kier molecular flexibility index (Phi) is 8.29. The Morgan fingerprint density at radius 1 is 1.26 bits per heavy atom. The number of carbonyl (C=O) groups excluding carboxylic acids is 3. The van der Waals surface area contributed by atoms with Gasteiger partial charge in [0.15, 0.2) is 4.34 Å². The van der Waals surface area contributed by atoms with E-state index in [1.54, 1.807) is 6.92 Å². The summed E-state index contributed by atoms with van der Waals surface area (Å²) < 4.78 is 5.32. The zero-order chi connectivity index (χ0) is 19.8. The molecular weight excluding hydrogens is 435 g/mol. The smallest absolute Gasteiger partial charge is 0.316 e. The SMILES string of the molecule is CCOC(=O)CSc1nnc(NC(=O)CNC(=O)c2ccc(Cl)cc2Cl)s1. The van der Waals surface area contributed by atoms with E-state index >= 15 is 0 Å². The predicted octanol–water partition coefficient (Wildman–Crippen LogP) is 2.87. The topological polar surface area (TPSA) is 110 Å². The highest BCUT2D eigenvalue weighted by molar-refractivity contribution is 8.01. The van der Waals surface area contributed by atoms with Crippen molar-refractivity contribution < 1.29 is 19.1 Å². The maximum Gasteiger partial charge on any atom is 0.316 e. The van der Waals surface area contributed by atoms with Crippen LogP contribution in [0.2, 0.25) is 10.0 Å². The van der Waals surface area contributed by atoms with Gasteiger partial charge < -0.3 is 10.1 Å². The quantitative estimate of drug-likeness (QED) is 0.362. The largest absolute Gasteiger partial charge is 0.465 e. The average Bonchev–Trinajstić information content (AvgIpc) is 3.05. The van der Waals surface area contributed by atoms with Crippen LogP contribution >= 0.6 is 46.3 Å². The number of nitrogens with zero attached hydrogens (tertiary/aromatic N) is 2. The fourth-order valence-corrected chi connectivity index (χ4v) is 3.80. The van der Waals surface area contributed by atoms with Crippen LogP contribution in [0.5, 0.6) is 0 Å². The van der Waals surface area contributed by atoms with Crippen LogP contribution in [0.3, 0.4) is 0 Å². The molecule has 144 valence electrons. The molecule has 8 nitrogen and oxygen atoms in total. The lowest BCUT2D eigenvalue weighted by Crippen LogP contribution is -2.33. The summed E-state index contributed by atoms with van der Waals surface area (Å²) in [6, 6.07) is 4.43. The van der Waals surface area contributed by atoms with Crippen molar-refractivity contribution in [3.63, 3.8) is 0 Å². The molecular formula is C15H14Cl2N4O4S2. The fourth-order valence-electron chi connectivity index (χ4n) is 1.73. The molecule has 0 unspecified atom stereocenters. The van der Waals surface area contributed by atoms with Crippen LogP contribution < -0.4 is 10.6 Å². The van der Waals surface area contributed by atoms with Crippen LogP contribution in [0.25, 0.3) is 0 Å². The molecule has 1 heterocycles. The molecule has 0 aliphatic heterocycles. The molecule has 2 rings (SSSR count). The number of thioether (sulfide) groups is 1. The normalized spacial score (nSPS) is 10.3. The van der Waals surface area contributed by atoms with E-state index in [-0.39, 0.29) is 34.0 Å². The first kappa shape index (κ1) is 21.4. The van der Waals surface area contributed by atoms with Crippen LogP contribution in [-0.2, 0) is 14.3 Å². The molecule has 1 aromatic carbocycles. The number of hydrogen-bond donors (Lipinski definition) is 2. The molecule has 0 aliphatic carbocycles. The molecule has 27 heavy (non-hydrogen) atoms. The van der Waals surface area contributed by atoms with Gasteiger partial charge in [-0.3, -0.25) is 19.7 Å². The molecule has 0 saturated heterocycles. The molecule has 0 fully saturated rings. The van der Waals surface area contributed by atoms with Crippen LogP contribution in [0, 0.1) is 0 Å². The molecule has 0 spiro atoms. The van der Waals surface area contributed by atoms with Crippen molar-refractivity contribution in [1.82, 2.24) is 15.5 Å². The van der Waals surface area contributed by atoms with Gasteiger partial charge in [-0.15, -0.1) is 10.2 Å². The van der Waals surface area contributed by atoms with Crippen molar-refractivity contribution in [2.45, 2.75) is 11.3 Å². The number of hydrogen-bond acceptors (Lipinski definition) is 8. The molecule has 0 saturated carbocycles. The Morgan fingerprint density at radius 3 is 2.74 bits per heavy atom. The lowest BCUT2D eigenvalue weighted by molar-refractivity contribution is -0.139. The first-order valence-electron chi connectivity index (χ1n) is 7.54. The average molecular weight is 449 g/mol. The van der Waals surface area contributed by atoms with Gasteiger partial charge in [0.05, 0.1) is 29.5 Å². The Morgan fingerprint density at radius 2 is 2.04 bits per heavy atom. The zero-order valence-corrected chi connectivity index (χ0v) is 17.1. The second kappa shape index (κ2) is 10.5. The number of anilines is 1. The second-order valence-corrected chi connectivity index (χ2v) is 7.87. The molecule has 2 amide bonds. The number of benzene rings is 1. The minimum atomic E-state index is -0.505. The summed E-state index contributed by atoms with van der Waals surface area (Å²) in [4.78, 5) is 35.3. The van der Waals surface area contributed by atoms with Gasteiger partial charge in [0.2, 0.25) is 11.0 Å². The lowest BCUT2D eigenvalue weighted by Gasteiger charge is -2.06. The summed E-state index contributed by atoms with van der Waals surface area (Å²) in [5.41, 5.74) is 0.211. The van der Waals surface area contributed by atoms with Crippen molar-refractivity contribution in [1.29, 1.82) is 0 Å². The molecule has 2 N–H and O–H groups in total. The zero-order valence-electron chi connectivity index (χ0n) is 14.0. The molecule has 0 atom stereocenters. The Balaban J connectivity index is 1.80. The molecule has 0 bridgehead atoms. The predicted molar refractivity (Wildman–Crippen MR) is 105 cm³/mol. The van der Waals surface area contributed by atoms with E-state index in [1.165, 1.54) is 18.2 Å². The second-order valence-electron chi connectivity index (χ2n) is 4.82. The summed E-state index contributed by atoms with van der Waals surface area (Å²) in [5.74, 6) is -1.23. The number of esters is 1. The van der Waals surface area contributed by atoms with Crippen molar-refractivity contribution in [3.8, 4) is 0 Å². The van der Waals surface area contributed by atoms with Crippen molar-refractivity contribution in [2.75, 3.05) is 24.2 Å². The van der Waals surface area contributed by atoms with Gasteiger partial charge in [0, 0.05) is 5.02 Å². The molecule has 1 aromatic heterocycles. The minimum absolute atomic E-state index is 0.105. The molecule has 12 heteroatoms. The Hall–Kier alpha value is -1.88. The summed E-state index contributed by atoms with van der Waals surface area (Å²) in [6.45, 7) is 1.76. The van der Waals surface area contributed by atoms with Crippen LogP contribution in [0.1, 0.15) is 17.3 Å². The fraction of sp³-hybridized carbons (Fsp3) is 0.267. The van der Waals surface area contributed by atoms with Crippen LogP contribution in [0.15, 0.2) is 22.5 Å². The van der Waals surface area contributed by atoms with Gasteiger partial charge in [0.25, 0.3) is 5.91 Å². The number of ether oxygens (including phenoxy) is 1. The third-order valence-electron chi connectivity index (χ3n) is 2.86. The summed E-state index contributed by atoms with van der Waals surface area (Å²) in [6.07, 6.45) is 0. The summed E-state index contributed by atoms with van der Waals surface area (Å²) in [7, 11) is 0. The maximum atomic E-state index is 12.0. The van der Waals surface area contributed by atoms with Crippen LogP contribution in [-0.4, -0.2) is 46.9 Å². The van der Waals surface area contributed by atoms with Crippen molar-refractivity contribution in [3.05, 3.63) is 33.8 Å². The van der Waals surface area contributed by atoms with E-state index in [1.807, 2.05) is 0 Å². The number of halogens is 2. The first-order chi connectivity index (χ1) is 12.9. The van der Waals surface area contributed by atoms with E-state index < -0.39 is 11.8 Å². The Bertz CT molecular complexity index is 847. The van der Waals surface area contributed by atoms with E-state index in [2.05, 4.69) is 20.8 Å². The third kappa shape index (κ3) is 6.98. The van der Waals surface area contributed by atoms with Gasteiger partial charge in [-0.25, -0.2) is 0 Å². The highest BCUT2D eigenvalue weighted by Gasteiger charge is 2.14. The highest BCUT2D eigenvalue weighted by atomic mass is 35.5. The van der Waals surface area contributed by atoms with Crippen LogP contribution in [0.4, 0.5) is 5.13 Å². The standard InChI is InChI=1S/C15H14Cl2N4O4S2/c1-2-25-12(23)7-26-15-21-20-14(27-15)19-11(22)6-18-13(24)9-4-3-8(16)5-10(9)17/h3-5H,2,6-7H2,1H3,(H,18,24)(H,19,20,22). The third-order valence-corrected chi connectivity index (χ3v) is 5.35. The summed E-state index contributed by atoms with van der Waals surface area (Å²) in [5, 5.41) is 13.5. The van der Waals surface area contributed by atoms with Gasteiger partial charge in [-0.2, -0.15) is 0 Å². The highest BCUT2D eigenvalue weighted by Crippen LogP contribution is 2.25.